The summed E-state index contributed by atoms with van der Waals surface area (Å²) in [6, 6.07) is 0.139. The van der Waals surface area contributed by atoms with Crippen LogP contribution in [0.25, 0.3) is 0 Å². The van der Waals surface area contributed by atoms with Gasteiger partial charge in [0.1, 0.15) is 0 Å². The Morgan fingerprint density at radius 2 is 2.11 bits per heavy atom. The molecule has 3 aliphatic rings. The fourth-order valence-corrected chi connectivity index (χ4v) is 2.86. The Kier molecular flexibility index (Phi) is 2.45. The molecule has 5 heteroatoms. The Labute approximate surface area is 106 Å². The van der Waals surface area contributed by atoms with Gasteiger partial charge in [0.2, 0.25) is 5.89 Å². The van der Waals surface area contributed by atoms with Crippen LogP contribution in [-0.2, 0) is 0 Å². The molecule has 1 N–H and O–H groups in total. The highest BCUT2D eigenvalue weighted by Crippen LogP contribution is 2.41. The Morgan fingerprint density at radius 1 is 1.28 bits per heavy atom. The molecule has 1 saturated heterocycles. The van der Waals surface area contributed by atoms with Crippen LogP contribution in [0.15, 0.2) is 4.52 Å². The molecule has 4 rings (SSSR count). The van der Waals surface area contributed by atoms with Crippen LogP contribution in [-0.4, -0.2) is 39.3 Å². The third-order valence-corrected chi connectivity index (χ3v) is 4.26. The van der Waals surface area contributed by atoms with Gasteiger partial charge in [-0.3, -0.25) is 4.90 Å². The lowest BCUT2D eigenvalue weighted by Crippen LogP contribution is -2.27. The smallest absolute Gasteiger partial charge is 0.244 e. The van der Waals surface area contributed by atoms with Gasteiger partial charge in [0, 0.05) is 19.0 Å². The lowest BCUT2D eigenvalue weighted by atomic mass is 10.2. The minimum absolute atomic E-state index is 0.139. The van der Waals surface area contributed by atoms with Crippen molar-refractivity contribution in [3.05, 3.63) is 11.7 Å². The predicted octanol–water partition coefficient (Wildman–Crippen LogP) is 1.46. The molecule has 18 heavy (non-hydrogen) atoms. The molecule has 0 amide bonds. The van der Waals surface area contributed by atoms with E-state index in [1.54, 1.807) is 0 Å². The van der Waals surface area contributed by atoms with Crippen molar-refractivity contribution < 1.29 is 9.63 Å². The van der Waals surface area contributed by atoms with Crippen molar-refractivity contribution in [1.82, 2.24) is 15.0 Å². The van der Waals surface area contributed by atoms with Gasteiger partial charge in [-0.1, -0.05) is 5.16 Å². The molecule has 0 radical (unpaired) electrons. The normalized spacial score (nSPS) is 33.2. The van der Waals surface area contributed by atoms with Crippen molar-refractivity contribution in [3.8, 4) is 0 Å². The van der Waals surface area contributed by atoms with Crippen LogP contribution in [0.4, 0.5) is 0 Å². The summed E-state index contributed by atoms with van der Waals surface area (Å²) in [5.74, 6) is 2.95. The summed E-state index contributed by atoms with van der Waals surface area (Å²) < 4.78 is 5.42. The SMILES string of the molecule is O[C@@H]1C[C@@H](c2nc(C3CC3)no2)N(CC2CC2)C1. The van der Waals surface area contributed by atoms with Crippen LogP contribution in [0.3, 0.4) is 0 Å². The van der Waals surface area contributed by atoms with Crippen LogP contribution in [0.1, 0.15) is 55.8 Å². The van der Waals surface area contributed by atoms with Gasteiger partial charge in [-0.2, -0.15) is 4.98 Å². The van der Waals surface area contributed by atoms with Crippen molar-refractivity contribution in [2.75, 3.05) is 13.1 Å². The monoisotopic (exact) mass is 249 g/mol. The van der Waals surface area contributed by atoms with Gasteiger partial charge in [0.05, 0.1) is 12.1 Å². The summed E-state index contributed by atoms with van der Waals surface area (Å²) in [5, 5.41) is 13.9. The van der Waals surface area contributed by atoms with E-state index < -0.39 is 0 Å². The Morgan fingerprint density at radius 3 is 2.83 bits per heavy atom. The average molecular weight is 249 g/mol. The summed E-state index contributed by atoms with van der Waals surface area (Å²) >= 11 is 0. The van der Waals surface area contributed by atoms with Crippen molar-refractivity contribution in [3.63, 3.8) is 0 Å². The maximum atomic E-state index is 9.86. The molecule has 3 fully saturated rings. The Balaban J connectivity index is 1.52. The summed E-state index contributed by atoms with van der Waals surface area (Å²) in [6.45, 7) is 1.82. The molecule has 1 aromatic heterocycles. The molecule has 0 aromatic carbocycles. The number of likely N-dealkylation sites (tertiary alicyclic amines) is 1. The number of nitrogens with zero attached hydrogens (tertiary/aromatic N) is 3. The van der Waals surface area contributed by atoms with E-state index in [1.165, 1.54) is 25.7 Å². The number of hydrogen-bond acceptors (Lipinski definition) is 5. The molecule has 98 valence electrons. The molecule has 1 aliphatic heterocycles. The minimum atomic E-state index is -0.245. The van der Waals surface area contributed by atoms with Crippen LogP contribution < -0.4 is 0 Å². The molecule has 5 nitrogen and oxygen atoms in total. The summed E-state index contributed by atoms with van der Waals surface area (Å²) in [7, 11) is 0. The molecule has 0 unspecified atom stereocenters. The maximum absolute atomic E-state index is 9.86. The Hall–Kier alpha value is -0.940. The van der Waals surface area contributed by atoms with E-state index in [0.717, 1.165) is 31.3 Å². The van der Waals surface area contributed by atoms with E-state index in [9.17, 15) is 5.11 Å². The molecule has 2 heterocycles. The zero-order valence-electron chi connectivity index (χ0n) is 10.5. The first-order valence-corrected chi connectivity index (χ1v) is 7.05. The molecule has 1 aromatic rings. The van der Waals surface area contributed by atoms with Crippen molar-refractivity contribution in [2.24, 2.45) is 5.92 Å². The van der Waals surface area contributed by atoms with Crippen molar-refractivity contribution in [1.29, 1.82) is 0 Å². The molecule has 2 atom stereocenters. The van der Waals surface area contributed by atoms with E-state index in [4.69, 9.17) is 4.52 Å². The molecular weight excluding hydrogens is 230 g/mol. The highest BCUT2D eigenvalue weighted by molar-refractivity contribution is 5.06. The molecule has 2 saturated carbocycles. The second kappa shape index (κ2) is 4.03. The number of aliphatic hydroxyl groups excluding tert-OH is 1. The number of rotatable bonds is 4. The summed E-state index contributed by atoms with van der Waals surface area (Å²) in [4.78, 5) is 6.86. The predicted molar refractivity (Wildman–Crippen MR) is 63.9 cm³/mol. The summed E-state index contributed by atoms with van der Waals surface area (Å²) in [5.41, 5.74) is 0. The first-order valence-electron chi connectivity index (χ1n) is 7.05. The van der Waals surface area contributed by atoms with Crippen LogP contribution in [0.2, 0.25) is 0 Å². The first kappa shape index (κ1) is 10.9. The van der Waals surface area contributed by atoms with Crippen LogP contribution in [0, 0.1) is 5.92 Å². The van der Waals surface area contributed by atoms with Crippen LogP contribution >= 0.6 is 0 Å². The van der Waals surface area contributed by atoms with Gasteiger partial charge in [-0.15, -0.1) is 0 Å². The Bertz CT molecular complexity index is 439. The lowest BCUT2D eigenvalue weighted by molar-refractivity contribution is 0.170. The highest BCUT2D eigenvalue weighted by atomic mass is 16.5. The summed E-state index contributed by atoms with van der Waals surface area (Å²) in [6.07, 6.45) is 5.53. The number of β-amino-alcohol motifs (C(OH)–C–C–N with tert-alkyl or cyclic N) is 1. The number of aromatic nitrogens is 2. The van der Waals surface area contributed by atoms with E-state index >= 15 is 0 Å². The third-order valence-electron chi connectivity index (χ3n) is 4.26. The largest absolute Gasteiger partial charge is 0.392 e. The van der Waals surface area contributed by atoms with E-state index in [0.29, 0.717) is 11.8 Å². The van der Waals surface area contributed by atoms with Gasteiger partial charge < -0.3 is 9.63 Å². The molecular formula is C13H19N3O2. The zero-order chi connectivity index (χ0) is 12.1. The van der Waals surface area contributed by atoms with Gasteiger partial charge in [-0.25, -0.2) is 0 Å². The van der Waals surface area contributed by atoms with E-state index in [2.05, 4.69) is 15.0 Å². The zero-order valence-corrected chi connectivity index (χ0v) is 10.5. The van der Waals surface area contributed by atoms with E-state index in [-0.39, 0.29) is 12.1 Å². The van der Waals surface area contributed by atoms with Gasteiger partial charge in [-0.05, 0) is 38.0 Å². The lowest BCUT2D eigenvalue weighted by Gasteiger charge is -2.20. The third kappa shape index (κ3) is 2.06. The molecule has 0 spiro atoms. The van der Waals surface area contributed by atoms with Gasteiger partial charge >= 0.3 is 0 Å². The quantitative estimate of drug-likeness (QED) is 0.875. The first-order chi connectivity index (χ1) is 8.79. The second-order valence-electron chi connectivity index (χ2n) is 6.07. The topological polar surface area (TPSA) is 62.4 Å². The van der Waals surface area contributed by atoms with Crippen molar-refractivity contribution in [2.45, 2.75) is 50.2 Å². The second-order valence-corrected chi connectivity index (χ2v) is 6.07. The molecule has 2 aliphatic carbocycles. The fourth-order valence-electron chi connectivity index (χ4n) is 2.86. The van der Waals surface area contributed by atoms with Crippen LogP contribution in [0.5, 0.6) is 0 Å². The van der Waals surface area contributed by atoms with E-state index in [1.807, 2.05) is 0 Å². The standard InChI is InChI=1S/C13H19N3O2/c17-10-5-11(16(7-10)6-8-1-2-8)13-14-12(15-18-13)9-3-4-9/h8-11,17H,1-7H2/t10-,11+/m1/s1. The molecule has 0 bridgehead atoms. The average Bonchev–Trinajstić information content (AvgIpc) is 3.25. The van der Waals surface area contributed by atoms with Crippen molar-refractivity contribution >= 4 is 0 Å². The minimum Gasteiger partial charge on any atom is -0.392 e. The number of aliphatic hydroxyl groups is 1. The maximum Gasteiger partial charge on any atom is 0.244 e. The van der Waals surface area contributed by atoms with Gasteiger partial charge in [0.25, 0.3) is 0 Å². The number of hydrogen-bond donors (Lipinski definition) is 1. The van der Waals surface area contributed by atoms with Gasteiger partial charge in [0.15, 0.2) is 5.82 Å². The highest BCUT2D eigenvalue weighted by Gasteiger charge is 2.39. The fraction of sp³-hybridized carbons (Fsp3) is 0.846.